The number of hydrogen-bond donors (Lipinski definition) is 0. The van der Waals surface area contributed by atoms with Gasteiger partial charge in [0.2, 0.25) is 0 Å². The molecule has 0 unspecified atom stereocenters. The van der Waals surface area contributed by atoms with E-state index < -0.39 is 0 Å². The summed E-state index contributed by atoms with van der Waals surface area (Å²) in [5, 5.41) is 0. The molecule has 0 aliphatic carbocycles. The molecule has 5 aromatic rings. The molecule has 0 spiro atoms. The van der Waals surface area contributed by atoms with Crippen LogP contribution in [0.1, 0.15) is 28.8 Å². The number of aromatic nitrogens is 1. The summed E-state index contributed by atoms with van der Waals surface area (Å²) < 4.78 is 14.3. The number of hydrogen-bond acceptors (Lipinski definition) is 2. The number of nitrogens with zero attached hydrogens (tertiary/aromatic N) is 1. The lowest BCUT2D eigenvalue weighted by Crippen LogP contribution is -2.05. The van der Waals surface area contributed by atoms with E-state index in [1.807, 2.05) is 18.2 Å². The molecular weight excluding hydrogens is 466 g/mol. The Kier molecular flexibility index (Phi) is 8.58. The average molecular weight is 502 g/mol. The lowest BCUT2D eigenvalue weighted by molar-refractivity contribution is 0.306. The molecule has 192 valence electrons. The number of rotatable bonds is 12. The molecule has 1 aromatic heterocycles. The molecule has 0 atom stereocenters. The Morgan fingerprint density at radius 1 is 0.553 bits per heavy atom. The van der Waals surface area contributed by atoms with Crippen molar-refractivity contribution in [3.63, 3.8) is 0 Å². The average Bonchev–Trinajstić information content (AvgIpc) is 3.35. The minimum absolute atomic E-state index is 0.577. The summed E-state index contributed by atoms with van der Waals surface area (Å²) in [5.41, 5.74) is 7.54. The molecule has 38 heavy (non-hydrogen) atoms. The lowest BCUT2D eigenvalue weighted by atomic mass is 10.1. The molecular formula is C35H35NO2. The third-order valence-corrected chi connectivity index (χ3v) is 6.87. The Labute approximate surface area is 226 Å². The van der Waals surface area contributed by atoms with Crippen LogP contribution in [0.4, 0.5) is 0 Å². The molecule has 4 aromatic carbocycles. The second-order valence-electron chi connectivity index (χ2n) is 9.64. The van der Waals surface area contributed by atoms with E-state index in [2.05, 4.69) is 115 Å². The summed E-state index contributed by atoms with van der Waals surface area (Å²) >= 11 is 0. The first-order chi connectivity index (χ1) is 18.7. The highest BCUT2D eigenvalue weighted by Gasteiger charge is 2.09. The first-order valence-electron chi connectivity index (χ1n) is 13.4. The fourth-order valence-electron chi connectivity index (χ4n) is 4.69. The summed E-state index contributed by atoms with van der Waals surface area (Å²) in [6, 6.07) is 42.2. The van der Waals surface area contributed by atoms with Gasteiger partial charge in [-0.3, -0.25) is 0 Å². The largest absolute Gasteiger partial charge is 0.494 e. The molecule has 0 bridgehead atoms. The van der Waals surface area contributed by atoms with Crippen molar-refractivity contribution in [3.05, 3.63) is 144 Å². The predicted octanol–water partition coefficient (Wildman–Crippen LogP) is 8.30. The molecule has 0 amide bonds. The van der Waals surface area contributed by atoms with E-state index in [9.17, 15) is 0 Å². The van der Waals surface area contributed by atoms with Crippen LogP contribution in [0, 0.1) is 6.92 Å². The van der Waals surface area contributed by atoms with Crippen LogP contribution < -0.4 is 9.47 Å². The van der Waals surface area contributed by atoms with Crippen LogP contribution in [0.5, 0.6) is 11.5 Å². The third kappa shape index (κ3) is 6.95. The summed E-state index contributed by atoms with van der Waals surface area (Å²) in [6.45, 7) is 4.41. The normalized spacial score (nSPS) is 10.9. The van der Waals surface area contributed by atoms with Gasteiger partial charge in [0, 0.05) is 17.9 Å². The van der Waals surface area contributed by atoms with Crippen molar-refractivity contribution in [1.82, 2.24) is 4.57 Å². The molecule has 0 radical (unpaired) electrons. The maximum atomic E-state index is 5.97. The standard InChI is InChI=1S/C35H35NO2/c1-28-14-23-35(32-17-21-34(22-18-32)38-27-31-11-6-3-7-12-31)36(28)25-24-30-15-19-33(20-16-30)37-26-8-13-29-9-4-2-5-10-29/h2-7,9-12,14-23H,8,13,24-27H2,1H3. The Balaban J connectivity index is 1.13. The van der Waals surface area contributed by atoms with Gasteiger partial charge >= 0.3 is 0 Å². The fraction of sp³-hybridized carbons (Fsp3) is 0.200. The van der Waals surface area contributed by atoms with Gasteiger partial charge in [-0.2, -0.15) is 0 Å². The van der Waals surface area contributed by atoms with E-state index in [4.69, 9.17) is 9.47 Å². The van der Waals surface area contributed by atoms with Gasteiger partial charge < -0.3 is 14.0 Å². The molecule has 3 heteroatoms. The van der Waals surface area contributed by atoms with E-state index in [-0.39, 0.29) is 0 Å². The van der Waals surface area contributed by atoms with Crippen molar-refractivity contribution >= 4 is 0 Å². The number of benzene rings is 4. The highest BCUT2D eigenvalue weighted by molar-refractivity contribution is 5.62. The minimum atomic E-state index is 0.577. The maximum absolute atomic E-state index is 5.97. The summed E-state index contributed by atoms with van der Waals surface area (Å²) in [5.74, 6) is 1.82. The van der Waals surface area contributed by atoms with Crippen molar-refractivity contribution in [3.8, 4) is 22.8 Å². The molecule has 0 N–H and O–H groups in total. The van der Waals surface area contributed by atoms with Crippen LogP contribution in [0.2, 0.25) is 0 Å². The van der Waals surface area contributed by atoms with Crippen LogP contribution in [0.25, 0.3) is 11.3 Å². The molecule has 0 aliphatic rings. The molecule has 0 aliphatic heterocycles. The molecule has 0 saturated carbocycles. The monoisotopic (exact) mass is 501 g/mol. The van der Waals surface area contributed by atoms with E-state index >= 15 is 0 Å². The van der Waals surface area contributed by atoms with Gasteiger partial charge in [-0.1, -0.05) is 72.8 Å². The quantitative estimate of drug-likeness (QED) is 0.161. The number of aryl methyl sites for hydroxylation is 3. The van der Waals surface area contributed by atoms with Crippen LogP contribution in [-0.4, -0.2) is 11.2 Å². The van der Waals surface area contributed by atoms with Crippen LogP contribution in [0.3, 0.4) is 0 Å². The van der Waals surface area contributed by atoms with Gasteiger partial charge in [0.05, 0.1) is 6.61 Å². The Bertz CT molecular complexity index is 1390. The van der Waals surface area contributed by atoms with Gasteiger partial charge in [-0.15, -0.1) is 0 Å². The highest BCUT2D eigenvalue weighted by atomic mass is 16.5. The summed E-state index contributed by atoms with van der Waals surface area (Å²) in [6.07, 6.45) is 3.03. The van der Waals surface area contributed by atoms with Crippen LogP contribution >= 0.6 is 0 Å². The second kappa shape index (κ2) is 12.8. The van der Waals surface area contributed by atoms with Crippen LogP contribution in [0.15, 0.2) is 121 Å². The lowest BCUT2D eigenvalue weighted by Gasteiger charge is -2.13. The second-order valence-corrected chi connectivity index (χ2v) is 9.64. The fourth-order valence-corrected chi connectivity index (χ4v) is 4.69. The van der Waals surface area contributed by atoms with Gasteiger partial charge in [-0.05, 0) is 97.0 Å². The van der Waals surface area contributed by atoms with E-state index in [0.717, 1.165) is 43.9 Å². The smallest absolute Gasteiger partial charge is 0.119 e. The van der Waals surface area contributed by atoms with Gasteiger partial charge in [-0.25, -0.2) is 0 Å². The third-order valence-electron chi connectivity index (χ3n) is 6.87. The Morgan fingerprint density at radius 2 is 1.16 bits per heavy atom. The van der Waals surface area contributed by atoms with Crippen LogP contribution in [-0.2, 0) is 26.0 Å². The van der Waals surface area contributed by atoms with Crippen molar-refractivity contribution < 1.29 is 9.47 Å². The molecule has 0 saturated heterocycles. The predicted molar refractivity (Wildman–Crippen MR) is 156 cm³/mol. The highest BCUT2D eigenvalue weighted by Crippen LogP contribution is 2.26. The summed E-state index contributed by atoms with van der Waals surface area (Å²) in [7, 11) is 0. The maximum Gasteiger partial charge on any atom is 0.119 e. The number of ether oxygens (including phenoxy) is 2. The van der Waals surface area contributed by atoms with E-state index in [0.29, 0.717) is 6.61 Å². The molecule has 0 fully saturated rings. The minimum Gasteiger partial charge on any atom is -0.494 e. The van der Waals surface area contributed by atoms with Gasteiger partial charge in [0.1, 0.15) is 18.1 Å². The van der Waals surface area contributed by atoms with Gasteiger partial charge in [0.25, 0.3) is 0 Å². The molecule has 5 rings (SSSR count). The molecule has 3 nitrogen and oxygen atoms in total. The zero-order chi connectivity index (χ0) is 26.0. The van der Waals surface area contributed by atoms with E-state index in [1.54, 1.807) is 0 Å². The van der Waals surface area contributed by atoms with E-state index in [1.165, 1.54) is 33.6 Å². The van der Waals surface area contributed by atoms with Crippen molar-refractivity contribution in [2.24, 2.45) is 0 Å². The SMILES string of the molecule is Cc1ccc(-c2ccc(OCc3ccccc3)cc2)n1CCc1ccc(OCCCc2ccccc2)cc1. The first-order valence-corrected chi connectivity index (χ1v) is 13.4. The zero-order valence-electron chi connectivity index (χ0n) is 22.1. The zero-order valence-corrected chi connectivity index (χ0v) is 22.1. The molecule has 1 heterocycles. The topological polar surface area (TPSA) is 23.4 Å². The Morgan fingerprint density at radius 3 is 1.87 bits per heavy atom. The van der Waals surface area contributed by atoms with Gasteiger partial charge in [0.15, 0.2) is 0 Å². The summed E-state index contributed by atoms with van der Waals surface area (Å²) in [4.78, 5) is 0. The first kappa shape index (κ1) is 25.4. The van der Waals surface area contributed by atoms with Crippen molar-refractivity contribution in [2.75, 3.05) is 6.61 Å². The Hall–Kier alpha value is -4.24. The van der Waals surface area contributed by atoms with Crippen molar-refractivity contribution in [2.45, 2.75) is 39.3 Å². The van der Waals surface area contributed by atoms with Crippen molar-refractivity contribution in [1.29, 1.82) is 0 Å².